The van der Waals surface area contributed by atoms with E-state index >= 15 is 0 Å². The van der Waals surface area contributed by atoms with Crippen molar-refractivity contribution in [3.8, 4) is 5.75 Å². The van der Waals surface area contributed by atoms with Gasteiger partial charge in [0.2, 0.25) is 5.79 Å². The molecule has 5 N–H and O–H groups in total. The molecule has 0 aromatic heterocycles. The van der Waals surface area contributed by atoms with Crippen molar-refractivity contribution in [3.63, 3.8) is 0 Å². The van der Waals surface area contributed by atoms with Crippen LogP contribution >= 0.6 is 0 Å². The summed E-state index contributed by atoms with van der Waals surface area (Å²) in [6, 6.07) is 11.5. The molecule has 0 spiro atoms. The van der Waals surface area contributed by atoms with E-state index in [9.17, 15) is 35.1 Å². The summed E-state index contributed by atoms with van der Waals surface area (Å²) in [4.78, 5) is 24.0. The summed E-state index contributed by atoms with van der Waals surface area (Å²) in [7, 11) is 0. The fourth-order valence-electron chi connectivity index (χ4n) is 4.50. The van der Waals surface area contributed by atoms with Crippen molar-refractivity contribution in [2.45, 2.75) is 76.2 Å². The van der Waals surface area contributed by atoms with Crippen LogP contribution in [0.25, 0.3) is 0 Å². The molecular weight excluding hydrogens is 552 g/mol. The number of aliphatic hydroxyl groups excluding tert-OH is 4. The van der Waals surface area contributed by atoms with Crippen LogP contribution in [-0.2, 0) is 35.9 Å². The van der Waals surface area contributed by atoms with Gasteiger partial charge >= 0.3 is 12.1 Å². The van der Waals surface area contributed by atoms with Crippen molar-refractivity contribution in [1.29, 1.82) is 0 Å². The third-order valence-corrected chi connectivity index (χ3v) is 6.58. The average molecular weight is 591 g/mol. The molecule has 0 saturated carbocycles. The first-order chi connectivity index (χ1) is 19.9. The molecule has 1 saturated heterocycles. The van der Waals surface area contributed by atoms with Crippen LogP contribution in [0.15, 0.2) is 55.1 Å². The molecule has 2 aromatic rings. The molecule has 1 heterocycles. The van der Waals surface area contributed by atoms with Crippen LogP contribution in [0.4, 0.5) is 4.79 Å². The molecule has 42 heavy (non-hydrogen) atoms. The Kier molecular flexibility index (Phi) is 11.5. The lowest BCUT2D eigenvalue weighted by Crippen LogP contribution is -2.65. The van der Waals surface area contributed by atoms with Gasteiger partial charge in [-0.3, -0.25) is 4.79 Å². The second kappa shape index (κ2) is 14.6. The Bertz CT molecular complexity index is 1210. The molecular formula is C30H38O12. The largest absolute Gasteiger partial charge is 0.511 e. The number of aliphatic hydroxyl groups is 5. The number of ether oxygens (including phenoxy) is 5. The van der Waals surface area contributed by atoms with Gasteiger partial charge in [-0.2, -0.15) is 0 Å². The number of rotatable bonds is 12. The summed E-state index contributed by atoms with van der Waals surface area (Å²) in [5.74, 6) is -2.80. The quantitative estimate of drug-likeness (QED) is 0.138. The van der Waals surface area contributed by atoms with Crippen molar-refractivity contribution < 1.29 is 58.8 Å². The van der Waals surface area contributed by atoms with Gasteiger partial charge in [0.1, 0.15) is 36.8 Å². The molecule has 1 unspecified atom stereocenters. The maximum absolute atomic E-state index is 12.2. The van der Waals surface area contributed by atoms with Gasteiger partial charge in [-0.15, -0.1) is 0 Å². The average Bonchev–Trinajstić information content (AvgIpc) is 2.96. The SMILES string of the molecule is C=CCOC(=O)OC(OC(C)=O)c1ccc(Cc2ccc(OCCC)cc2)c([C@@]2(O)O[C@H]([C@H](C)O)[C@@H](O)[C@H](O)[C@H]2O)c1. The van der Waals surface area contributed by atoms with Crippen LogP contribution in [0, 0.1) is 0 Å². The molecule has 2 aromatic carbocycles. The Morgan fingerprint density at radius 2 is 1.79 bits per heavy atom. The zero-order valence-corrected chi connectivity index (χ0v) is 23.7. The highest BCUT2D eigenvalue weighted by molar-refractivity contribution is 5.67. The van der Waals surface area contributed by atoms with Crippen LogP contribution in [0.3, 0.4) is 0 Å². The van der Waals surface area contributed by atoms with E-state index in [4.69, 9.17) is 23.7 Å². The van der Waals surface area contributed by atoms with E-state index in [2.05, 4.69) is 6.58 Å². The van der Waals surface area contributed by atoms with Gasteiger partial charge in [0.25, 0.3) is 6.29 Å². The van der Waals surface area contributed by atoms with Crippen LogP contribution in [0.5, 0.6) is 5.75 Å². The summed E-state index contributed by atoms with van der Waals surface area (Å²) < 4.78 is 26.5. The molecule has 0 aliphatic carbocycles. The summed E-state index contributed by atoms with van der Waals surface area (Å²) in [5, 5.41) is 54.0. The summed E-state index contributed by atoms with van der Waals surface area (Å²) in [5.41, 5.74) is 1.11. The maximum Gasteiger partial charge on any atom is 0.511 e. The van der Waals surface area contributed by atoms with Crippen LogP contribution < -0.4 is 4.74 Å². The summed E-state index contributed by atoms with van der Waals surface area (Å²) >= 11 is 0. The number of hydrogen-bond donors (Lipinski definition) is 5. The Balaban J connectivity index is 2.10. The molecule has 12 nitrogen and oxygen atoms in total. The van der Waals surface area contributed by atoms with Crippen molar-refractivity contribution in [1.82, 2.24) is 0 Å². The van der Waals surface area contributed by atoms with Gasteiger partial charge in [-0.1, -0.05) is 43.8 Å². The second-order valence-electron chi connectivity index (χ2n) is 9.94. The molecule has 0 radical (unpaired) electrons. The third kappa shape index (κ3) is 7.85. The Hall–Kier alpha value is -3.52. The lowest BCUT2D eigenvalue weighted by molar-refractivity contribution is -0.364. The smallest absolute Gasteiger partial charge is 0.494 e. The van der Waals surface area contributed by atoms with Gasteiger partial charge in [-0.25, -0.2) is 4.79 Å². The number of carbonyl (C=O) groups excluding carboxylic acids is 2. The second-order valence-corrected chi connectivity index (χ2v) is 9.94. The van der Waals surface area contributed by atoms with Crippen molar-refractivity contribution >= 4 is 12.1 Å². The molecule has 12 heteroatoms. The van der Waals surface area contributed by atoms with Crippen molar-refractivity contribution in [2.75, 3.05) is 13.2 Å². The van der Waals surface area contributed by atoms with E-state index in [1.54, 1.807) is 12.1 Å². The van der Waals surface area contributed by atoms with Crippen LogP contribution in [0.1, 0.15) is 55.7 Å². The Morgan fingerprint density at radius 3 is 2.38 bits per heavy atom. The lowest BCUT2D eigenvalue weighted by atomic mass is 9.83. The van der Waals surface area contributed by atoms with Gasteiger partial charge < -0.3 is 49.2 Å². The fraction of sp³-hybridized carbons (Fsp3) is 0.467. The molecule has 0 bridgehead atoms. The molecule has 3 rings (SSSR count). The highest BCUT2D eigenvalue weighted by Crippen LogP contribution is 2.40. The van der Waals surface area contributed by atoms with E-state index in [1.165, 1.54) is 31.2 Å². The molecule has 1 aliphatic rings. The van der Waals surface area contributed by atoms with Gasteiger partial charge in [0, 0.05) is 18.1 Å². The van der Waals surface area contributed by atoms with Crippen LogP contribution in [-0.4, -0.2) is 81.4 Å². The maximum atomic E-state index is 12.2. The summed E-state index contributed by atoms with van der Waals surface area (Å²) in [6.45, 7) is 8.21. The standard InChI is InChI=1S/C30H38O12/c1-5-13-38-22-11-7-19(8-12-22)15-20-9-10-21(28(40-18(4)32)41-29(36)39-14-6-2)16-23(20)30(37)27(35)25(34)24(33)26(42-30)17(3)31/h6-12,16-17,24-28,31,33-35,37H,2,5,13-15H2,1,3-4H3/t17-,24-,25-,26+,27+,28?,30+/m0/s1. The minimum Gasteiger partial charge on any atom is -0.494 e. The number of benzene rings is 2. The number of hydrogen-bond acceptors (Lipinski definition) is 12. The Labute approximate surface area is 243 Å². The first-order valence-electron chi connectivity index (χ1n) is 13.5. The minimum atomic E-state index is -2.67. The van der Waals surface area contributed by atoms with Crippen molar-refractivity contribution in [2.24, 2.45) is 0 Å². The predicted octanol–water partition coefficient (Wildman–Crippen LogP) is 1.97. The molecule has 230 valence electrons. The molecule has 1 aliphatic heterocycles. The predicted molar refractivity (Wildman–Crippen MR) is 147 cm³/mol. The highest BCUT2D eigenvalue weighted by atomic mass is 16.8. The fourth-order valence-corrected chi connectivity index (χ4v) is 4.50. The molecule has 1 fully saturated rings. The van der Waals surface area contributed by atoms with Gasteiger partial charge in [-0.05, 0) is 49.1 Å². The highest BCUT2D eigenvalue weighted by Gasteiger charge is 2.55. The summed E-state index contributed by atoms with van der Waals surface area (Å²) in [6.07, 6.45) is -9.02. The number of esters is 1. The lowest BCUT2D eigenvalue weighted by Gasteiger charge is -2.47. The van der Waals surface area contributed by atoms with Gasteiger partial charge in [0.05, 0.1) is 12.7 Å². The zero-order chi connectivity index (χ0) is 31.0. The van der Waals surface area contributed by atoms with E-state index in [0.717, 1.165) is 18.9 Å². The van der Waals surface area contributed by atoms with Crippen LogP contribution in [0.2, 0.25) is 0 Å². The Morgan fingerprint density at radius 1 is 1.10 bits per heavy atom. The molecule has 0 amide bonds. The first kappa shape index (κ1) is 33.0. The number of carbonyl (C=O) groups is 2. The van der Waals surface area contributed by atoms with E-state index in [0.29, 0.717) is 17.9 Å². The minimum absolute atomic E-state index is 0.0428. The topological polar surface area (TPSA) is 181 Å². The monoisotopic (exact) mass is 590 g/mol. The van der Waals surface area contributed by atoms with E-state index in [-0.39, 0.29) is 24.2 Å². The van der Waals surface area contributed by atoms with E-state index < -0.39 is 54.7 Å². The van der Waals surface area contributed by atoms with E-state index in [1.807, 2.05) is 19.1 Å². The third-order valence-electron chi connectivity index (χ3n) is 6.58. The normalized spacial score (nSPS) is 25.1. The van der Waals surface area contributed by atoms with Gasteiger partial charge in [0.15, 0.2) is 0 Å². The first-order valence-corrected chi connectivity index (χ1v) is 13.5. The molecule has 7 atom stereocenters. The van der Waals surface area contributed by atoms with Crippen molar-refractivity contribution in [3.05, 3.63) is 77.4 Å². The zero-order valence-electron chi connectivity index (χ0n) is 23.7.